The lowest BCUT2D eigenvalue weighted by Gasteiger charge is -2.27. The first-order valence-corrected chi connectivity index (χ1v) is 11.9. The smallest absolute Gasteiger partial charge is 0.230 e. The Bertz CT molecular complexity index is 951. The second kappa shape index (κ2) is 11.2. The fraction of sp³-hybridized carbons (Fsp3) is 0.375. The quantitative estimate of drug-likeness (QED) is 0.504. The highest BCUT2D eigenvalue weighted by Gasteiger charge is 2.19. The van der Waals surface area contributed by atoms with E-state index in [1.807, 2.05) is 23.7 Å². The molecule has 1 fully saturated rings. The van der Waals surface area contributed by atoms with Gasteiger partial charge in [-0.15, -0.1) is 10.2 Å². The molecule has 2 heterocycles. The van der Waals surface area contributed by atoms with Crippen LogP contribution in [0.3, 0.4) is 0 Å². The van der Waals surface area contributed by atoms with E-state index in [1.165, 1.54) is 22.9 Å². The summed E-state index contributed by atoms with van der Waals surface area (Å²) in [4.78, 5) is 14.6. The summed E-state index contributed by atoms with van der Waals surface area (Å²) in [5.74, 6) is 1.40. The Balaban J connectivity index is 1.29. The van der Waals surface area contributed by atoms with E-state index < -0.39 is 0 Å². The van der Waals surface area contributed by atoms with Crippen LogP contribution in [0.15, 0.2) is 65.8 Å². The summed E-state index contributed by atoms with van der Waals surface area (Å²) >= 11 is 1.41. The topological polar surface area (TPSA) is 72.3 Å². The predicted molar refractivity (Wildman–Crippen MR) is 127 cm³/mol. The average Bonchev–Trinajstić information content (AvgIpc) is 3.22. The van der Waals surface area contributed by atoms with Crippen molar-refractivity contribution in [3.63, 3.8) is 0 Å². The van der Waals surface area contributed by atoms with Gasteiger partial charge in [0.25, 0.3) is 0 Å². The van der Waals surface area contributed by atoms with Gasteiger partial charge in [0.1, 0.15) is 0 Å². The maximum Gasteiger partial charge on any atom is 0.230 e. The van der Waals surface area contributed by atoms with Gasteiger partial charge in [-0.05, 0) is 17.5 Å². The molecule has 3 aromatic rings. The molecule has 0 atom stereocenters. The van der Waals surface area contributed by atoms with Crippen molar-refractivity contribution < 1.29 is 9.53 Å². The summed E-state index contributed by atoms with van der Waals surface area (Å²) in [7, 11) is 1.94. The molecule has 0 saturated carbocycles. The number of nitrogens with zero attached hydrogens (tertiary/aromatic N) is 4. The molecule has 0 aliphatic carbocycles. The first-order valence-electron chi connectivity index (χ1n) is 10.9. The van der Waals surface area contributed by atoms with Crippen LogP contribution in [-0.4, -0.2) is 59.3 Å². The van der Waals surface area contributed by atoms with Crippen LogP contribution in [0.25, 0.3) is 0 Å². The Morgan fingerprint density at radius 1 is 1.03 bits per heavy atom. The molecular formula is C24H29N5O2S. The summed E-state index contributed by atoms with van der Waals surface area (Å²) in [6.45, 7) is 3.63. The summed E-state index contributed by atoms with van der Waals surface area (Å²) in [5, 5.41) is 12.4. The zero-order valence-electron chi connectivity index (χ0n) is 18.3. The average molecular weight is 452 g/mol. The fourth-order valence-electron chi connectivity index (χ4n) is 3.91. The van der Waals surface area contributed by atoms with Gasteiger partial charge in [-0.3, -0.25) is 9.36 Å². The van der Waals surface area contributed by atoms with Crippen LogP contribution in [0.2, 0.25) is 0 Å². The number of nitrogens with one attached hydrogen (secondary N) is 1. The maximum atomic E-state index is 12.5. The number of thioether (sulfide) groups is 1. The molecule has 0 bridgehead atoms. The number of anilines is 1. The van der Waals surface area contributed by atoms with Crippen LogP contribution in [0.5, 0.6) is 0 Å². The zero-order valence-corrected chi connectivity index (χ0v) is 19.1. The van der Waals surface area contributed by atoms with Gasteiger partial charge in [-0.25, -0.2) is 0 Å². The number of aromatic nitrogens is 3. The van der Waals surface area contributed by atoms with Gasteiger partial charge >= 0.3 is 0 Å². The lowest BCUT2D eigenvalue weighted by molar-refractivity contribution is -0.118. The molecule has 1 aromatic heterocycles. The number of morpholine rings is 1. The Labute approximate surface area is 193 Å². The summed E-state index contributed by atoms with van der Waals surface area (Å²) in [6, 6.07) is 20.9. The van der Waals surface area contributed by atoms with Crippen molar-refractivity contribution in [3.8, 4) is 0 Å². The minimum Gasteiger partial charge on any atom is -0.378 e. The monoisotopic (exact) mass is 451 g/mol. The number of benzene rings is 2. The third kappa shape index (κ3) is 5.69. The lowest BCUT2D eigenvalue weighted by Crippen LogP contribution is -2.37. The zero-order chi connectivity index (χ0) is 22.2. The van der Waals surface area contributed by atoms with Gasteiger partial charge in [0.15, 0.2) is 5.16 Å². The molecule has 1 N–H and O–H groups in total. The summed E-state index contributed by atoms with van der Waals surface area (Å²) < 4.78 is 7.35. The molecule has 1 saturated heterocycles. The molecule has 0 unspecified atom stereocenters. The van der Waals surface area contributed by atoms with Crippen molar-refractivity contribution in [3.05, 3.63) is 71.8 Å². The molecule has 1 aliphatic rings. The van der Waals surface area contributed by atoms with Crippen molar-refractivity contribution in [1.29, 1.82) is 0 Å². The third-order valence-electron chi connectivity index (χ3n) is 5.60. The normalized spacial score (nSPS) is 14.0. The molecule has 1 amide bonds. The fourth-order valence-corrected chi connectivity index (χ4v) is 4.64. The van der Waals surface area contributed by atoms with Gasteiger partial charge < -0.3 is 15.0 Å². The standard InChI is InChI=1S/C24H29N5O2S/c1-28-23(29-14-16-31-17-15-29)26-27-24(28)32-18-22(30)25-13-12-21(19-8-4-2-5-9-19)20-10-6-3-7-11-20/h2-11,21H,12-18H2,1H3,(H,25,30). The van der Waals surface area contributed by atoms with Crippen molar-refractivity contribution in [1.82, 2.24) is 20.1 Å². The molecule has 2 aromatic carbocycles. The van der Waals surface area contributed by atoms with E-state index in [-0.39, 0.29) is 11.8 Å². The highest BCUT2D eigenvalue weighted by Crippen LogP contribution is 2.27. The van der Waals surface area contributed by atoms with Crippen molar-refractivity contribution in [2.45, 2.75) is 17.5 Å². The van der Waals surface area contributed by atoms with Crippen LogP contribution in [0.4, 0.5) is 5.95 Å². The Morgan fingerprint density at radius 2 is 1.66 bits per heavy atom. The van der Waals surface area contributed by atoms with Crippen LogP contribution in [0.1, 0.15) is 23.5 Å². The molecule has 4 rings (SSSR count). The number of hydrogen-bond acceptors (Lipinski definition) is 6. The Hall–Kier alpha value is -2.84. The van der Waals surface area contributed by atoms with Crippen LogP contribution >= 0.6 is 11.8 Å². The molecule has 168 valence electrons. The number of amides is 1. The van der Waals surface area contributed by atoms with Crippen molar-refractivity contribution in [2.24, 2.45) is 7.05 Å². The maximum absolute atomic E-state index is 12.5. The number of carbonyl (C=O) groups excluding carboxylic acids is 1. The highest BCUT2D eigenvalue weighted by atomic mass is 32.2. The van der Waals surface area contributed by atoms with Crippen molar-refractivity contribution in [2.75, 3.05) is 43.5 Å². The first kappa shape index (κ1) is 22.4. The molecule has 1 aliphatic heterocycles. The molecular weight excluding hydrogens is 422 g/mol. The second-order valence-corrected chi connectivity index (χ2v) is 8.68. The van der Waals surface area contributed by atoms with E-state index in [0.717, 1.165) is 30.6 Å². The Morgan fingerprint density at radius 3 is 2.28 bits per heavy atom. The SMILES string of the molecule is Cn1c(SCC(=O)NCCC(c2ccccc2)c2ccccc2)nnc1N1CCOCC1. The van der Waals surface area contributed by atoms with E-state index >= 15 is 0 Å². The summed E-state index contributed by atoms with van der Waals surface area (Å²) in [6.07, 6.45) is 0.843. The second-order valence-electron chi connectivity index (χ2n) is 7.74. The van der Waals surface area contributed by atoms with E-state index in [9.17, 15) is 4.79 Å². The van der Waals surface area contributed by atoms with Crippen LogP contribution in [-0.2, 0) is 16.6 Å². The Kier molecular flexibility index (Phi) is 7.79. The van der Waals surface area contributed by atoms with Crippen LogP contribution in [0, 0.1) is 0 Å². The van der Waals surface area contributed by atoms with E-state index in [4.69, 9.17) is 4.74 Å². The first-order chi connectivity index (χ1) is 15.7. The van der Waals surface area contributed by atoms with Crippen molar-refractivity contribution >= 4 is 23.6 Å². The largest absolute Gasteiger partial charge is 0.378 e. The summed E-state index contributed by atoms with van der Waals surface area (Å²) in [5.41, 5.74) is 2.52. The van der Waals surface area contributed by atoms with Gasteiger partial charge in [0, 0.05) is 32.6 Å². The van der Waals surface area contributed by atoms with E-state index in [0.29, 0.717) is 25.5 Å². The van der Waals surface area contributed by atoms with Gasteiger partial charge in [-0.1, -0.05) is 72.4 Å². The molecule has 0 spiro atoms. The molecule has 0 radical (unpaired) electrons. The molecule has 7 nitrogen and oxygen atoms in total. The van der Waals surface area contributed by atoms with Gasteiger partial charge in [0.05, 0.1) is 19.0 Å². The third-order valence-corrected chi connectivity index (χ3v) is 6.62. The predicted octanol–water partition coefficient (Wildman–Crippen LogP) is 3.08. The van der Waals surface area contributed by atoms with E-state index in [1.54, 1.807) is 0 Å². The molecule has 8 heteroatoms. The minimum absolute atomic E-state index is 0.00537. The van der Waals surface area contributed by atoms with Gasteiger partial charge in [0.2, 0.25) is 11.9 Å². The number of hydrogen-bond donors (Lipinski definition) is 1. The lowest BCUT2D eigenvalue weighted by atomic mass is 9.88. The highest BCUT2D eigenvalue weighted by molar-refractivity contribution is 7.99. The number of rotatable bonds is 9. The van der Waals surface area contributed by atoms with Crippen LogP contribution < -0.4 is 10.2 Å². The number of ether oxygens (including phenoxy) is 1. The van der Waals surface area contributed by atoms with Gasteiger partial charge in [-0.2, -0.15) is 0 Å². The minimum atomic E-state index is 0.00537. The number of carbonyl (C=O) groups is 1. The van der Waals surface area contributed by atoms with E-state index in [2.05, 4.69) is 68.9 Å². The molecule has 32 heavy (non-hydrogen) atoms.